The van der Waals surface area contributed by atoms with E-state index in [-0.39, 0.29) is 53.1 Å². The van der Waals surface area contributed by atoms with Crippen molar-refractivity contribution in [2.24, 2.45) is 0 Å². The molecule has 6 rings (SSSR count). The first-order chi connectivity index (χ1) is 32.3. The van der Waals surface area contributed by atoms with E-state index < -0.39 is 46.9 Å². The van der Waals surface area contributed by atoms with E-state index in [1.54, 1.807) is 12.1 Å². The number of rotatable bonds is 28. The molecule has 0 saturated heterocycles. The summed E-state index contributed by atoms with van der Waals surface area (Å²) in [5.41, 5.74) is 4.54. The standard InChI is InChI=1S/C49H68ClN3O12S3.Na.H/c1-48(26-10-6-9-21-43(54)51-29-33-65-35-34-64-32-13-4-3-12-28-50)41(52-30-15-17-37-22-24-39(67(58,59)60)44(48)46(37)52)19-7-5-8-20-42-49(2,27-11-14-36-66(55,56)57)45-40(68(61,62)63)25-23-38-18-16-31-53(42)47(38)45;;/h5,7-8,19-20,22-25H,3-4,6,9-18,21,26-36H2,1-2H3,(H3-,51,54,55,56,57,58,59,60,61,62,63);;/q;+1;-1/p+1. The van der Waals surface area contributed by atoms with Gasteiger partial charge in [0.05, 0.1) is 36.6 Å². The van der Waals surface area contributed by atoms with Gasteiger partial charge in [-0.3, -0.25) is 18.5 Å². The normalized spacial score (nSPS) is 20.6. The number of unbranched alkanes of at least 4 members (excludes halogenated alkanes) is 6. The summed E-state index contributed by atoms with van der Waals surface area (Å²) in [6.07, 6.45) is 20.7. The second kappa shape index (κ2) is 25.5. The molecule has 2 aromatic rings. The van der Waals surface area contributed by atoms with E-state index in [0.717, 1.165) is 91.7 Å². The van der Waals surface area contributed by atoms with Crippen molar-refractivity contribution in [1.29, 1.82) is 0 Å². The molecule has 0 aliphatic carbocycles. The molecule has 20 heteroatoms. The predicted octanol–water partition coefficient (Wildman–Crippen LogP) is 5.28. The number of ether oxygens (including phenoxy) is 2. The average Bonchev–Trinajstić information content (AvgIpc) is 3.67. The van der Waals surface area contributed by atoms with E-state index in [2.05, 4.69) is 14.8 Å². The first kappa shape index (κ1) is 57.4. The van der Waals surface area contributed by atoms with Crippen molar-refractivity contribution < 1.29 is 88.7 Å². The van der Waals surface area contributed by atoms with Crippen LogP contribution in [0, 0.1) is 0 Å². The minimum atomic E-state index is -4.62. The third kappa shape index (κ3) is 14.4. The van der Waals surface area contributed by atoms with E-state index in [9.17, 15) is 43.7 Å². The van der Waals surface area contributed by atoms with E-state index in [0.29, 0.717) is 102 Å². The van der Waals surface area contributed by atoms with Gasteiger partial charge in [-0.2, -0.15) is 29.8 Å². The first-order valence-electron chi connectivity index (χ1n) is 24.0. The number of amides is 1. The van der Waals surface area contributed by atoms with Gasteiger partial charge in [-0.05, 0) is 95.4 Å². The average molecular weight is 1050 g/mol. The molecule has 1 amide bonds. The van der Waals surface area contributed by atoms with Crippen LogP contribution in [0.4, 0.5) is 11.4 Å². The Hall–Kier alpha value is -2.46. The summed E-state index contributed by atoms with van der Waals surface area (Å²) in [7, 11) is -13.4. The summed E-state index contributed by atoms with van der Waals surface area (Å²) in [5.74, 6) is 0.197. The van der Waals surface area contributed by atoms with Crippen LogP contribution >= 0.6 is 11.6 Å². The molecule has 69 heavy (non-hydrogen) atoms. The molecule has 378 valence electrons. The van der Waals surface area contributed by atoms with Crippen LogP contribution in [0.25, 0.3) is 0 Å². The zero-order valence-corrected chi connectivity index (χ0v) is 45.6. The molecule has 4 aliphatic rings. The minimum Gasteiger partial charge on any atom is -1.00 e. The Morgan fingerprint density at radius 3 is 2.12 bits per heavy atom. The Labute approximate surface area is 438 Å². The summed E-state index contributed by atoms with van der Waals surface area (Å²) >= 11 is 5.71. The number of carbonyl (C=O) groups is 1. The van der Waals surface area contributed by atoms with Crippen LogP contribution < -0.4 is 39.8 Å². The fourth-order valence-corrected chi connectivity index (χ4v) is 13.0. The number of alkyl halides is 1. The second-order valence-corrected chi connectivity index (χ2v) is 23.4. The molecule has 4 aliphatic heterocycles. The quantitative estimate of drug-likeness (QED) is 0.0214. The van der Waals surface area contributed by atoms with Crippen molar-refractivity contribution in [2.75, 3.05) is 62.6 Å². The zero-order chi connectivity index (χ0) is 49.2. The van der Waals surface area contributed by atoms with Crippen molar-refractivity contribution in [3.05, 3.63) is 82.6 Å². The zero-order valence-electron chi connectivity index (χ0n) is 41.4. The van der Waals surface area contributed by atoms with Gasteiger partial charge in [-0.15, -0.1) is 11.6 Å². The van der Waals surface area contributed by atoms with E-state index >= 15 is 0 Å². The van der Waals surface area contributed by atoms with Gasteiger partial charge in [0.2, 0.25) is 11.6 Å². The summed E-state index contributed by atoms with van der Waals surface area (Å²) in [4.78, 5) is 14.5. The fourth-order valence-electron chi connectivity index (χ4n) is 10.6. The fraction of sp³-hybridized carbons (Fsp3) is 0.592. The summed E-state index contributed by atoms with van der Waals surface area (Å²) in [5, 5.41) is 2.91. The smallest absolute Gasteiger partial charge is 1.00 e. The Balaban J connectivity index is 0.00000533. The largest absolute Gasteiger partial charge is 1.00 e. The van der Waals surface area contributed by atoms with Crippen LogP contribution in [0.5, 0.6) is 0 Å². The molecular formula is C49H70ClN3NaO12S3+. The van der Waals surface area contributed by atoms with Crippen LogP contribution in [0.1, 0.15) is 127 Å². The van der Waals surface area contributed by atoms with Gasteiger partial charge in [0.1, 0.15) is 16.3 Å². The van der Waals surface area contributed by atoms with Gasteiger partial charge >= 0.3 is 29.6 Å². The predicted molar refractivity (Wildman–Crippen MR) is 266 cm³/mol. The monoisotopic (exact) mass is 1050 g/mol. The number of benzene rings is 2. The van der Waals surface area contributed by atoms with E-state index in [1.807, 2.05) is 44.2 Å². The Kier molecular flexibility index (Phi) is 21.2. The SMILES string of the molecule is CC1(CCCCS(=O)(=O)O)C(=CC=CC=CC2=[N+]3CCCc4ccc(S(=O)(=O)O)c(c43)C2(C)CCCCCC(=O)NCCOCCOCCCCCCCl)N2CCCc3ccc(S(=O)(=O)O)c1c32.[H-].[Na+]. The van der Waals surface area contributed by atoms with Gasteiger partial charge in [0.15, 0.2) is 5.71 Å². The molecule has 0 saturated carbocycles. The summed E-state index contributed by atoms with van der Waals surface area (Å²) in [6, 6.07) is 6.48. The van der Waals surface area contributed by atoms with Crippen LogP contribution in [0.15, 0.2) is 70.1 Å². The number of anilines is 1. The summed E-state index contributed by atoms with van der Waals surface area (Å²) in [6.45, 7) is 7.66. The number of halogens is 1. The van der Waals surface area contributed by atoms with Crippen molar-refractivity contribution in [3.8, 4) is 0 Å². The second-order valence-electron chi connectivity index (χ2n) is 18.7. The molecule has 2 aromatic carbocycles. The van der Waals surface area contributed by atoms with Gasteiger partial charge in [-0.1, -0.05) is 62.5 Å². The third-order valence-corrected chi connectivity index (χ3v) is 16.6. The molecule has 4 N–H and O–H groups in total. The Morgan fingerprint density at radius 1 is 0.768 bits per heavy atom. The molecule has 15 nitrogen and oxygen atoms in total. The maximum Gasteiger partial charge on any atom is 1.00 e. The molecule has 0 bridgehead atoms. The molecular weight excluding hydrogens is 977 g/mol. The molecule has 0 radical (unpaired) electrons. The molecule has 0 fully saturated rings. The molecule has 0 spiro atoms. The van der Waals surface area contributed by atoms with Gasteiger partial charge in [0, 0.05) is 72.4 Å². The van der Waals surface area contributed by atoms with Crippen molar-refractivity contribution in [1.82, 2.24) is 5.32 Å². The maximum absolute atomic E-state index is 13.0. The number of nitrogens with zero attached hydrogens (tertiary/aromatic N) is 2. The molecule has 2 atom stereocenters. The van der Waals surface area contributed by atoms with Crippen molar-refractivity contribution in [3.63, 3.8) is 0 Å². The first-order valence-corrected chi connectivity index (χ1v) is 29.0. The number of aryl methyl sites for hydroxylation is 2. The topological polar surface area (TPSA) is 217 Å². The van der Waals surface area contributed by atoms with Gasteiger partial charge < -0.3 is 21.1 Å². The maximum atomic E-state index is 13.0. The van der Waals surface area contributed by atoms with Gasteiger partial charge in [-0.25, -0.2) is 0 Å². The number of hydrogen-bond donors (Lipinski definition) is 4. The molecule has 4 heterocycles. The van der Waals surface area contributed by atoms with Gasteiger partial charge in [0.25, 0.3) is 30.4 Å². The molecule has 0 aromatic heterocycles. The summed E-state index contributed by atoms with van der Waals surface area (Å²) < 4.78 is 118. The number of carbonyl (C=O) groups excluding carboxylic acids is 1. The third-order valence-electron chi connectivity index (χ3n) is 13.8. The van der Waals surface area contributed by atoms with Crippen LogP contribution in [-0.4, -0.2) is 113 Å². The van der Waals surface area contributed by atoms with E-state index in [1.165, 1.54) is 12.1 Å². The number of allylic oxidation sites excluding steroid dienone is 6. The van der Waals surface area contributed by atoms with Crippen LogP contribution in [0.2, 0.25) is 0 Å². The van der Waals surface area contributed by atoms with Crippen LogP contribution in [-0.2, 0) is 68.3 Å². The van der Waals surface area contributed by atoms with Crippen molar-refractivity contribution in [2.45, 2.75) is 137 Å². The minimum absolute atomic E-state index is 0. The van der Waals surface area contributed by atoms with Crippen LogP contribution in [0.3, 0.4) is 0 Å². The number of nitrogens with one attached hydrogen (secondary N) is 1. The molecule has 2 unspecified atom stereocenters. The van der Waals surface area contributed by atoms with Crippen molar-refractivity contribution >= 4 is 64.9 Å². The Bertz CT molecular complexity index is 2630. The van der Waals surface area contributed by atoms with E-state index in [4.69, 9.17) is 21.1 Å². The number of hydrogen-bond acceptors (Lipinski definition) is 10. The Morgan fingerprint density at radius 2 is 1.41 bits per heavy atom.